The number of rotatable bonds is 5. The van der Waals surface area contributed by atoms with E-state index in [-0.39, 0.29) is 5.41 Å². The van der Waals surface area contributed by atoms with Crippen LogP contribution in [-0.4, -0.2) is 34.6 Å². The lowest BCUT2D eigenvalue weighted by molar-refractivity contribution is 0.318. The lowest BCUT2D eigenvalue weighted by Crippen LogP contribution is -2.38. The predicted molar refractivity (Wildman–Crippen MR) is 105 cm³/mol. The van der Waals surface area contributed by atoms with Crippen LogP contribution >= 0.6 is 0 Å². The number of benzene rings is 1. The highest BCUT2D eigenvalue weighted by Gasteiger charge is 2.21. The lowest BCUT2D eigenvalue weighted by Gasteiger charge is -2.20. The fraction of sp³-hybridized carbons (Fsp3) is 0.450. The van der Waals surface area contributed by atoms with Crippen molar-refractivity contribution in [1.29, 1.82) is 0 Å². The number of fused-ring (bicyclic) bond motifs is 1. The minimum atomic E-state index is -0.169. The molecule has 0 saturated carbocycles. The smallest absolute Gasteiger partial charge is 0.232 e. The second kappa shape index (κ2) is 7.82. The Morgan fingerprint density at radius 3 is 2.70 bits per heavy atom. The van der Waals surface area contributed by atoms with Crippen LogP contribution in [0.25, 0.3) is 11.0 Å². The zero-order valence-electron chi connectivity index (χ0n) is 16.6. The monoisotopic (exact) mass is 369 g/mol. The average Bonchev–Trinajstić information content (AvgIpc) is 3.24. The van der Waals surface area contributed by atoms with E-state index in [4.69, 9.17) is 8.94 Å². The van der Waals surface area contributed by atoms with Crippen LogP contribution < -0.4 is 5.32 Å². The lowest BCUT2D eigenvalue weighted by atomic mass is 9.97. The third kappa shape index (κ3) is 4.67. The summed E-state index contributed by atoms with van der Waals surface area (Å²) >= 11 is 0. The number of hydrogen-bond acceptors (Lipinski definition) is 5. The Labute approximate surface area is 159 Å². The van der Waals surface area contributed by atoms with Crippen LogP contribution in [0.1, 0.15) is 45.2 Å². The van der Waals surface area contributed by atoms with Crippen LogP contribution in [0.3, 0.4) is 0 Å². The van der Waals surface area contributed by atoms with Gasteiger partial charge < -0.3 is 19.2 Å². The van der Waals surface area contributed by atoms with Crippen molar-refractivity contribution in [1.82, 2.24) is 20.4 Å². The second-order valence-corrected chi connectivity index (χ2v) is 7.54. The van der Waals surface area contributed by atoms with Gasteiger partial charge >= 0.3 is 0 Å². The molecule has 1 N–H and O–H groups in total. The van der Waals surface area contributed by atoms with Crippen molar-refractivity contribution in [3.8, 4) is 0 Å². The zero-order chi connectivity index (χ0) is 19.4. The van der Waals surface area contributed by atoms with Crippen molar-refractivity contribution < 1.29 is 8.94 Å². The molecule has 0 aliphatic heterocycles. The van der Waals surface area contributed by atoms with E-state index in [1.165, 1.54) is 0 Å². The largest absolute Gasteiger partial charge is 0.459 e. The van der Waals surface area contributed by atoms with Gasteiger partial charge in [-0.2, -0.15) is 4.98 Å². The molecule has 0 bridgehead atoms. The van der Waals surface area contributed by atoms with Crippen molar-refractivity contribution in [3.05, 3.63) is 47.8 Å². The number of nitrogens with one attached hydrogen (secondary N) is 1. The molecule has 0 spiro atoms. The van der Waals surface area contributed by atoms with Gasteiger partial charge in [-0.1, -0.05) is 44.1 Å². The minimum Gasteiger partial charge on any atom is -0.459 e. The van der Waals surface area contributed by atoms with Gasteiger partial charge in [-0.05, 0) is 19.1 Å². The molecule has 0 radical (unpaired) electrons. The van der Waals surface area contributed by atoms with E-state index in [0.717, 1.165) is 29.2 Å². The first-order valence-electron chi connectivity index (χ1n) is 9.17. The summed E-state index contributed by atoms with van der Waals surface area (Å²) in [5.41, 5.74) is 0.724. The molecule has 0 unspecified atom stereocenters. The molecule has 2 heterocycles. The quantitative estimate of drug-likeness (QED) is 0.545. The van der Waals surface area contributed by atoms with Crippen molar-refractivity contribution in [2.45, 2.75) is 46.2 Å². The predicted octanol–water partition coefficient (Wildman–Crippen LogP) is 3.71. The Hall–Kier alpha value is -2.83. The van der Waals surface area contributed by atoms with Gasteiger partial charge in [0.15, 0.2) is 11.8 Å². The van der Waals surface area contributed by atoms with Gasteiger partial charge in [0, 0.05) is 24.4 Å². The molecular weight excluding hydrogens is 342 g/mol. The highest BCUT2D eigenvalue weighted by atomic mass is 16.5. The summed E-state index contributed by atoms with van der Waals surface area (Å²) in [5, 5.41) is 8.42. The molecule has 0 fully saturated rings. The Kier molecular flexibility index (Phi) is 5.48. The molecule has 7 heteroatoms. The number of para-hydroxylation sites is 1. The fourth-order valence-corrected chi connectivity index (χ4v) is 2.66. The van der Waals surface area contributed by atoms with E-state index in [1.807, 2.05) is 63.9 Å². The van der Waals surface area contributed by atoms with Crippen molar-refractivity contribution >= 4 is 16.9 Å². The number of furan rings is 1. The maximum Gasteiger partial charge on any atom is 0.232 e. The molecular formula is C20H27N5O2. The maximum absolute atomic E-state index is 5.91. The molecule has 27 heavy (non-hydrogen) atoms. The summed E-state index contributed by atoms with van der Waals surface area (Å²) in [6.07, 6.45) is 0. The molecule has 3 rings (SSSR count). The van der Waals surface area contributed by atoms with Crippen molar-refractivity contribution in [2.75, 3.05) is 13.6 Å². The molecule has 0 atom stereocenters. The molecule has 0 aliphatic carbocycles. The van der Waals surface area contributed by atoms with Gasteiger partial charge in [0.25, 0.3) is 0 Å². The van der Waals surface area contributed by atoms with Crippen LogP contribution in [0.4, 0.5) is 0 Å². The van der Waals surface area contributed by atoms with Crippen molar-refractivity contribution in [2.24, 2.45) is 4.99 Å². The molecule has 144 valence electrons. The SMILES string of the molecule is CCNC(=NCc1noc(C(C)(C)C)n1)N(C)Cc1cc2ccccc2o1. The first kappa shape index (κ1) is 18.9. The molecule has 2 aromatic heterocycles. The third-order valence-corrected chi connectivity index (χ3v) is 4.05. The van der Waals surface area contributed by atoms with Gasteiger partial charge in [-0.15, -0.1) is 0 Å². The zero-order valence-corrected chi connectivity index (χ0v) is 16.6. The third-order valence-electron chi connectivity index (χ3n) is 4.05. The van der Waals surface area contributed by atoms with E-state index in [1.54, 1.807) is 0 Å². The van der Waals surface area contributed by atoms with Crippen LogP contribution in [0.15, 0.2) is 44.3 Å². The summed E-state index contributed by atoms with van der Waals surface area (Å²) in [6, 6.07) is 10.1. The fourth-order valence-electron chi connectivity index (χ4n) is 2.66. The van der Waals surface area contributed by atoms with Crippen LogP contribution in [0, 0.1) is 0 Å². The molecule has 0 amide bonds. The summed E-state index contributed by atoms with van der Waals surface area (Å²) in [6.45, 7) is 9.89. The number of aromatic nitrogens is 2. The maximum atomic E-state index is 5.91. The Balaban J connectivity index is 1.71. The Morgan fingerprint density at radius 2 is 2.04 bits per heavy atom. The molecule has 1 aromatic carbocycles. The Morgan fingerprint density at radius 1 is 1.26 bits per heavy atom. The molecule has 0 aliphatic rings. The van der Waals surface area contributed by atoms with E-state index in [9.17, 15) is 0 Å². The van der Waals surface area contributed by atoms with E-state index in [0.29, 0.717) is 24.8 Å². The topological polar surface area (TPSA) is 79.7 Å². The Bertz CT molecular complexity index is 887. The number of aliphatic imine (C=N–C) groups is 1. The minimum absolute atomic E-state index is 0.169. The first-order chi connectivity index (χ1) is 12.9. The second-order valence-electron chi connectivity index (χ2n) is 7.54. The molecule has 0 saturated heterocycles. The summed E-state index contributed by atoms with van der Waals surface area (Å²) < 4.78 is 11.2. The number of guanidine groups is 1. The average molecular weight is 369 g/mol. The highest BCUT2D eigenvalue weighted by molar-refractivity contribution is 5.80. The van der Waals surface area contributed by atoms with Crippen molar-refractivity contribution in [3.63, 3.8) is 0 Å². The number of hydrogen-bond donors (Lipinski definition) is 1. The normalized spacial score (nSPS) is 12.6. The van der Waals surface area contributed by atoms with Gasteiger partial charge in [-0.25, -0.2) is 4.99 Å². The van der Waals surface area contributed by atoms with E-state index in [2.05, 4.69) is 26.5 Å². The van der Waals surface area contributed by atoms with Gasteiger partial charge in [0.2, 0.25) is 5.89 Å². The highest BCUT2D eigenvalue weighted by Crippen LogP contribution is 2.21. The van der Waals surface area contributed by atoms with Gasteiger partial charge in [-0.3, -0.25) is 0 Å². The summed E-state index contributed by atoms with van der Waals surface area (Å²) in [5.74, 6) is 2.85. The standard InChI is InChI=1S/C20H27N5O2/c1-6-21-19(22-12-17-23-18(27-24-17)20(2,3)4)25(5)13-15-11-14-9-7-8-10-16(14)26-15/h7-11H,6,12-13H2,1-5H3,(H,21,22). The first-order valence-corrected chi connectivity index (χ1v) is 9.17. The molecule has 7 nitrogen and oxygen atoms in total. The van der Waals surface area contributed by atoms with E-state index < -0.39 is 0 Å². The summed E-state index contributed by atoms with van der Waals surface area (Å²) in [4.78, 5) is 11.1. The van der Waals surface area contributed by atoms with E-state index >= 15 is 0 Å². The van der Waals surface area contributed by atoms with Crippen LogP contribution in [0.2, 0.25) is 0 Å². The van der Waals surface area contributed by atoms with Crippen LogP contribution in [0.5, 0.6) is 0 Å². The van der Waals surface area contributed by atoms with Crippen LogP contribution in [-0.2, 0) is 18.5 Å². The van der Waals surface area contributed by atoms with Gasteiger partial charge in [0.1, 0.15) is 17.9 Å². The summed E-state index contributed by atoms with van der Waals surface area (Å²) in [7, 11) is 1.98. The van der Waals surface area contributed by atoms with Gasteiger partial charge in [0.05, 0.1) is 6.54 Å². The number of nitrogens with zero attached hydrogens (tertiary/aromatic N) is 4. The molecule has 3 aromatic rings.